The second-order valence-corrected chi connectivity index (χ2v) is 6.67. The fraction of sp³-hybridized carbons (Fsp3) is 0.462. The van der Waals surface area contributed by atoms with Crippen LogP contribution in [0.3, 0.4) is 0 Å². The normalized spacial score (nSPS) is 23.3. The Morgan fingerprint density at radius 3 is 2.30 bits per heavy atom. The van der Waals surface area contributed by atoms with Crippen LogP contribution in [0.15, 0.2) is 29.2 Å². The quantitative estimate of drug-likeness (QED) is 0.765. The second-order valence-electron chi connectivity index (χ2n) is 5.11. The van der Waals surface area contributed by atoms with E-state index in [0.29, 0.717) is 5.69 Å². The number of anilines is 1. The summed E-state index contributed by atoms with van der Waals surface area (Å²) in [6.45, 7) is 0. The minimum absolute atomic E-state index is 0.0184. The Morgan fingerprint density at radius 2 is 1.75 bits per heavy atom. The van der Waals surface area contributed by atoms with Gasteiger partial charge in [0.05, 0.1) is 10.8 Å². The zero-order valence-electron chi connectivity index (χ0n) is 11.1. The molecule has 1 aliphatic rings. The number of benzene rings is 1. The number of amides is 1. The van der Waals surface area contributed by atoms with E-state index >= 15 is 0 Å². The molecular formula is C13H19N3O3S. The molecule has 1 saturated carbocycles. The minimum Gasteiger partial charge on any atom is -0.327 e. The average Bonchev–Trinajstić information content (AvgIpc) is 2.38. The van der Waals surface area contributed by atoms with Crippen molar-refractivity contribution >= 4 is 21.6 Å². The third-order valence-electron chi connectivity index (χ3n) is 3.61. The summed E-state index contributed by atoms with van der Waals surface area (Å²) in [4.78, 5) is 12.1. The van der Waals surface area contributed by atoms with Crippen LogP contribution in [0, 0.1) is 5.92 Å². The molecule has 0 aromatic heterocycles. The molecule has 20 heavy (non-hydrogen) atoms. The van der Waals surface area contributed by atoms with Crippen molar-refractivity contribution in [3.8, 4) is 0 Å². The number of hydrogen-bond donors (Lipinski definition) is 3. The van der Waals surface area contributed by atoms with E-state index in [1.54, 1.807) is 0 Å². The average molecular weight is 297 g/mol. The van der Waals surface area contributed by atoms with E-state index < -0.39 is 10.0 Å². The topological polar surface area (TPSA) is 115 Å². The maximum Gasteiger partial charge on any atom is 0.238 e. The molecule has 6 nitrogen and oxygen atoms in total. The van der Waals surface area contributed by atoms with Gasteiger partial charge >= 0.3 is 0 Å². The van der Waals surface area contributed by atoms with E-state index in [0.717, 1.165) is 25.7 Å². The van der Waals surface area contributed by atoms with Gasteiger partial charge < -0.3 is 11.1 Å². The summed E-state index contributed by atoms with van der Waals surface area (Å²) in [6, 6.07) is 5.67. The summed E-state index contributed by atoms with van der Waals surface area (Å²) in [5, 5.41) is 7.78. The SMILES string of the molecule is NC1CCCCC1C(=O)Nc1ccc(S(N)(=O)=O)cc1. The number of primary sulfonamides is 1. The molecule has 0 spiro atoms. The monoisotopic (exact) mass is 297 g/mol. The Kier molecular flexibility index (Phi) is 4.42. The van der Waals surface area contributed by atoms with Crippen molar-refractivity contribution in [2.45, 2.75) is 36.6 Å². The van der Waals surface area contributed by atoms with Crippen LogP contribution in [0.2, 0.25) is 0 Å². The van der Waals surface area contributed by atoms with Crippen LogP contribution >= 0.6 is 0 Å². The third-order valence-corrected chi connectivity index (χ3v) is 4.54. The van der Waals surface area contributed by atoms with Crippen LogP contribution in [-0.4, -0.2) is 20.4 Å². The number of rotatable bonds is 3. The van der Waals surface area contributed by atoms with E-state index in [1.807, 2.05) is 0 Å². The van der Waals surface area contributed by atoms with Crippen LogP contribution in [0.25, 0.3) is 0 Å². The highest BCUT2D eigenvalue weighted by Crippen LogP contribution is 2.24. The summed E-state index contributed by atoms with van der Waals surface area (Å²) < 4.78 is 22.3. The van der Waals surface area contributed by atoms with Crippen LogP contribution in [0.4, 0.5) is 5.69 Å². The van der Waals surface area contributed by atoms with E-state index in [2.05, 4.69) is 5.32 Å². The zero-order valence-corrected chi connectivity index (χ0v) is 11.9. The zero-order chi connectivity index (χ0) is 14.8. The molecule has 0 saturated heterocycles. The minimum atomic E-state index is -3.71. The highest BCUT2D eigenvalue weighted by molar-refractivity contribution is 7.89. The van der Waals surface area contributed by atoms with Crippen molar-refractivity contribution in [1.82, 2.24) is 0 Å². The lowest BCUT2D eigenvalue weighted by atomic mass is 9.84. The molecular weight excluding hydrogens is 278 g/mol. The smallest absolute Gasteiger partial charge is 0.238 e. The number of nitrogens with two attached hydrogens (primary N) is 2. The van der Waals surface area contributed by atoms with Gasteiger partial charge in [-0.25, -0.2) is 13.6 Å². The first-order valence-corrected chi connectivity index (χ1v) is 8.12. The Balaban J connectivity index is 2.04. The van der Waals surface area contributed by atoms with Gasteiger partial charge in [0.25, 0.3) is 0 Å². The molecule has 0 bridgehead atoms. The van der Waals surface area contributed by atoms with Gasteiger partial charge in [0, 0.05) is 11.7 Å². The van der Waals surface area contributed by atoms with Crippen LogP contribution in [0.5, 0.6) is 0 Å². The maximum absolute atomic E-state index is 12.1. The Bertz CT molecular complexity index is 583. The molecule has 1 aliphatic carbocycles. The summed E-state index contributed by atoms with van der Waals surface area (Å²) in [5.41, 5.74) is 6.50. The molecule has 110 valence electrons. The Labute approximate surface area is 118 Å². The lowest BCUT2D eigenvalue weighted by Gasteiger charge is -2.27. The molecule has 0 radical (unpaired) electrons. The highest BCUT2D eigenvalue weighted by atomic mass is 32.2. The lowest BCUT2D eigenvalue weighted by Crippen LogP contribution is -2.40. The van der Waals surface area contributed by atoms with Gasteiger partial charge in [-0.2, -0.15) is 0 Å². The first-order chi connectivity index (χ1) is 9.38. The maximum atomic E-state index is 12.1. The number of carbonyl (C=O) groups excluding carboxylic acids is 1. The molecule has 7 heteroatoms. The van der Waals surface area contributed by atoms with Crippen LogP contribution in [0.1, 0.15) is 25.7 Å². The predicted molar refractivity (Wildman–Crippen MR) is 76.4 cm³/mol. The van der Waals surface area contributed by atoms with Crippen molar-refractivity contribution in [2.75, 3.05) is 5.32 Å². The second kappa shape index (κ2) is 5.90. The van der Waals surface area contributed by atoms with E-state index in [4.69, 9.17) is 10.9 Å². The number of sulfonamides is 1. The molecule has 1 aromatic rings. The first kappa shape index (κ1) is 15.0. The highest BCUT2D eigenvalue weighted by Gasteiger charge is 2.28. The Hall–Kier alpha value is -1.44. The van der Waals surface area contributed by atoms with Gasteiger partial charge in [-0.3, -0.25) is 4.79 Å². The standard InChI is InChI=1S/C13H19N3O3S/c14-12-4-2-1-3-11(12)13(17)16-9-5-7-10(8-6-9)20(15,18)19/h5-8,11-12H,1-4,14H2,(H,16,17)(H2,15,18,19). The van der Waals surface area contributed by atoms with Gasteiger partial charge in [0.15, 0.2) is 0 Å². The molecule has 5 N–H and O–H groups in total. The number of carbonyl (C=O) groups is 1. The van der Waals surface area contributed by atoms with E-state index in [1.165, 1.54) is 24.3 Å². The molecule has 1 aromatic carbocycles. The van der Waals surface area contributed by atoms with Crippen molar-refractivity contribution < 1.29 is 13.2 Å². The summed E-state index contributed by atoms with van der Waals surface area (Å²) in [7, 11) is -3.71. The van der Waals surface area contributed by atoms with Crippen molar-refractivity contribution in [1.29, 1.82) is 0 Å². The molecule has 2 atom stereocenters. The van der Waals surface area contributed by atoms with Gasteiger partial charge in [0.1, 0.15) is 0 Å². The largest absolute Gasteiger partial charge is 0.327 e. The lowest BCUT2D eigenvalue weighted by molar-refractivity contribution is -0.121. The predicted octanol–water partition coefficient (Wildman–Crippen LogP) is 0.790. The van der Waals surface area contributed by atoms with Crippen molar-refractivity contribution in [3.05, 3.63) is 24.3 Å². The van der Waals surface area contributed by atoms with Crippen LogP contribution in [-0.2, 0) is 14.8 Å². The van der Waals surface area contributed by atoms with Gasteiger partial charge in [-0.15, -0.1) is 0 Å². The van der Waals surface area contributed by atoms with Crippen molar-refractivity contribution in [2.24, 2.45) is 16.8 Å². The molecule has 1 fully saturated rings. The van der Waals surface area contributed by atoms with E-state index in [-0.39, 0.29) is 22.8 Å². The fourth-order valence-corrected chi connectivity index (χ4v) is 2.96. The number of hydrogen-bond acceptors (Lipinski definition) is 4. The van der Waals surface area contributed by atoms with E-state index in [9.17, 15) is 13.2 Å². The summed E-state index contributed by atoms with van der Waals surface area (Å²) in [5.74, 6) is -0.290. The van der Waals surface area contributed by atoms with Crippen molar-refractivity contribution in [3.63, 3.8) is 0 Å². The molecule has 2 rings (SSSR count). The van der Waals surface area contributed by atoms with Crippen LogP contribution < -0.4 is 16.2 Å². The number of nitrogens with one attached hydrogen (secondary N) is 1. The molecule has 0 aliphatic heterocycles. The Morgan fingerprint density at radius 1 is 1.15 bits per heavy atom. The molecule has 1 amide bonds. The van der Waals surface area contributed by atoms with Gasteiger partial charge in [-0.05, 0) is 37.1 Å². The first-order valence-electron chi connectivity index (χ1n) is 6.57. The van der Waals surface area contributed by atoms with Gasteiger partial charge in [-0.1, -0.05) is 12.8 Å². The molecule has 2 unspecified atom stereocenters. The summed E-state index contributed by atoms with van der Waals surface area (Å²) in [6.07, 6.45) is 3.73. The fourth-order valence-electron chi connectivity index (χ4n) is 2.45. The van der Waals surface area contributed by atoms with Gasteiger partial charge in [0.2, 0.25) is 15.9 Å². The summed E-state index contributed by atoms with van der Waals surface area (Å²) >= 11 is 0. The third kappa shape index (κ3) is 3.56. The molecule has 0 heterocycles.